The van der Waals surface area contributed by atoms with E-state index >= 15 is 0 Å². The molecule has 3 N–H and O–H groups in total. The van der Waals surface area contributed by atoms with E-state index in [1.165, 1.54) is 32.0 Å². The van der Waals surface area contributed by atoms with Gasteiger partial charge in [-0.25, -0.2) is 13.6 Å². The Labute approximate surface area is 127 Å². The first-order chi connectivity index (χ1) is 9.86. The maximum atomic E-state index is 11.4. The second-order valence-electron chi connectivity index (χ2n) is 5.91. The highest BCUT2D eigenvalue weighted by Crippen LogP contribution is 2.17. The van der Waals surface area contributed by atoms with E-state index in [1.807, 2.05) is 13.0 Å². The molecule has 0 aliphatic carbocycles. The minimum absolute atomic E-state index is 0.0873. The Bertz CT molecular complexity index is 568. The zero-order valence-corrected chi connectivity index (χ0v) is 13.6. The van der Waals surface area contributed by atoms with Gasteiger partial charge in [-0.15, -0.1) is 0 Å². The molecule has 0 bridgehead atoms. The van der Waals surface area contributed by atoms with Crippen molar-refractivity contribution in [1.82, 2.24) is 10.2 Å². The van der Waals surface area contributed by atoms with Crippen LogP contribution in [0.4, 0.5) is 0 Å². The fourth-order valence-electron chi connectivity index (χ4n) is 2.89. The molecule has 1 heterocycles. The van der Waals surface area contributed by atoms with Gasteiger partial charge in [0.2, 0.25) is 10.0 Å². The van der Waals surface area contributed by atoms with Crippen LogP contribution in [0.15, 0.2) is 29.2 Å². The summed E-state index contributed by atoms with van der Waals surface area (Å²) in [4.78, 5) is 2.63. The van der Waals surface area contributed by atoms with Crippen LogP contribution in [-0.2, 0) is 10.0 Å². The van der Waals surface area contributed by atoms with Crippen molar-refractivity contribution in [2.24, 2.45) is 5.14 Å². The first-order valence-electron chi connectivity index (χ1n) is 7.47. The Morgan fingerprint density at radius 2 is 1.95 bits per heavy atom. The lowest BCUT2D eigenvalue weighted by Gasteiger charge is -2.25. The Morgan fingerprint density at radius 3 is 2.57 bits per heavy atom. The lowest BCUT2D eigenvalue weighted by molar-refractivity contribution is 0.289. The molecule has 0 radical (unpaired) electrons. The van der Waals surface area contributed by atoms with Crippen LogP contribution in [0.5, 0.6) is 0 Å². The van der Waals surface area contributed by atoms with E-state index in [0.717, 1.165) is 12.1 Å². The minimum Gasteiger partial charge on any atom is -0.306 e. The van der Waals surface area contributed by atoms with E-state index in [-0.39, 0.29) is 10.9 Å². The molecule has 1 aromatic carbocycles. The third-order valence-electron chi connectivity index (χ3n) is 3.95. The maximum absolute atomic E-state index is 11.4. The van der Waals surface area contributed by atoms with Gasteiger partial charge in [0.25, 0.3) is 0 Å². The first-order valence-corrected chi connectivity index (χ1v) is 9.02. The van der Waals surface area contributed by atoms with Gasteiger partial charge in [0.05, 0.1) is 4.90 Å². The van der Waals surface area contributed by atoms with Crippen molar-refractivity contribution < 1.29 is 8.42 Å². The number of benzene rings is 1. The SMILES string of the molecule is CC(CN1CCCC1)NC(C)c1cccc(S(N)(=O)=O)c1. The molecule has 5 nitrogen and oxygen atoms in total. The van der Waals surface area contributed by atoms with Gasteiger partial charge in [-0.3, -0.25) is 0 Å². The van der Waals surface area contributed by atoms with Gasteiger partial charge in [0.15, 0.2) is 0 Å². The highest BCUT2D eigenvalue weighted by molar-refractivity contribution is 7.89. The number of primary sulfonamides is 1. The normalized spacial score (nSPS) is 19.6. The smallest absolute Gasteiger partial charge is 0.238 e. The summed E-state index contributed by atoms with van der Waals surface area (Å²) in [6, 6.07) is 7.28. The fourth-order valence-corrected chi connectivity index (χ4v) is 3.46. The van der Waals surface area contributed by atoms with Crippen molar-refractivity contribution in [2.75, 3.05) is 19.6 Å². The molecule has 2 unspecified atom stereocenters. The zero-order chi connectivity index (χ0) is 15.5. The Balaban J connectivity index is 1.97. The molecule has 0 spiro atoms. The maximum Gasteiger partial charge on any atom is 0.238 e. The van der Waals surface area contributed by atoms with E-state index < -0.39 is 10.0 Å². The molecule has 2 rings (SSSR count). The number of sulfonamides is 1. The van der Waals surface area contributed by atoms with Crippen LogP contribution in [-0.4, -0.2) is 39.0 Å². The topological polar surface area (TPSA) is 75.4 Å². The Morgan fingerprint density at radius 1 is 1.29 bits per heavy atom. The number of nitrogens with zero attached hydrogens (tertiary/aromatic N) is 1. The molecular formula is C15H25N3O2S. The molecular weight excluding hydrogens is 286 g/mol. The monoisotopic (exact) mass is 311 g/mol. The van der Waals surface area contributed by atoms with Crippen LogP contribution in [0.2, 0.25) is 0 Å². The molecule has 1 aliphatic rings. The van der Waals surface area contributed by atoms with Crippen molar-refractivity contribution in [3.8, 4) is 0 Å². The summed E-state index contributed by atoms with van der Waals surface area (Å²) in [6.07, 6.45) is 2.58. The summed E-state index contributed by atoms with van der Waals surface area (Å²) in [7, 11) is -3.64. The highest BCUT2D eigenvalue weighted by atomic mass is 32.2. The third-order valence-corrected chi connectivity index (χ3v) is 4.86. The third kappa shape index (κ3) is 4.78. The van der Waals surface area contributed by atoms with Gasteiger partial charge in [-0.2, -0.15) is 0 Å². The summed E-state index contributed by atoms with van der Waals surface area (Å²) in [5.41, 5.74) is 0.940. The van der Waals surface area contributed by atoms with E-state index in [9.17, 15) is 8.42 Å². The summed E-state index contributed by atoms with van der Waals surface area (Å²) < 4.78 is 22.8. The lowest BCUT2D eigenvalue weighted by Crippen LogP contribution is -2.39. The largest absolute Gasteiger partial charge is 0.306 e. The molecule has 0 aromatic heterocycles. The van der Waals surface area contributed by atoms with Crippen LogP contribution in [0.1, 0.15) is 38.3 Å². The second kappa shape index (κ2) is 6.87. The lowest BCUT2D eigenvalue weighted by atomic mass is 10.1. The van der Waals surface area contributed by atoms with E-state index in [4.69, 9.17) is 5.14 Å². The van der Waals surface area contributed by atoms with Gasteiger partial charge in [0, 0.05) is 18.6 Å². The number of nitrogens with one attached hydrogen (secondary N) is 1. The van der Waals surface area contributed by atoms with Gasteiger partial charge >= 0.3 is 0 Å². The van der Waals surface area contributed by atoms with Crippen LogP contribution in [0.25, 0.3) is 0 Å². The quantitative estimate of drug-likeness (QED) is 0.834. The molecule has 1 aliphatic heterocycles. The molecule has 118 valence electrons. The van der Waals surface area contributed by atoms with E-state index in [2.05, 4.69) is 17.1 Å². The number of likely N-dealkylation sites (tertiary alicyclic amines) is 1. The number of rotatable bonds is 6. The van der Waals surface area contributed by atoms with Crippen LogP contribution < -0.4 is 10.5 Å². The average molecular weight is 311 g/mol. The van der Waals surface area contributed by atoms with Gasteiger partial charge in [-0.05, 0) is 57.5 Å². The van der Waals surface area contributed by atoms with Crippen molar-refractivity contribution >= 4 is 10.0 Å². The number of nitrogens with two attached hydrogens (primary N) is 1. The van der Waals surface area contributed by atoms with Crippen molar-refractivity contribution in [2.45, 2.75) is 43.7 Å². The summed E-state index contributed by atoms with van der Waals surface area (Å²) in [6.45, 7) is 7.60. The van der Waals surface area contributed by atoms with Crippen molar-refractivity contribution in [3.63, 3.8) is 0 Å². The molecule has 0 saturated carbocycles. The van der Waals surface area contributed by atoms with Gasteiger partial charge in [-0.1, -0.05) is 12.1 Å². The van der Waals surface area contributed by atoms with E-state index in [1.54, 1.807) is 12.1 Å². The standard InChI is InChI=1S/C15H25N3O2S/c1-12(11-18-8-3-4-9-18)17-13(2)14-6-5-7-15(10-14)21(16,19)20/h5-7,10,12-13,17H,3-4,8-9,11H2,1-2H3,(H2,16,19,20). The fraction of sp³-hybridized carbons (Fsp3) is 0.600. The molecule has 1 saturated heterocycles. The first kappa shape index (κ1) is 16.4. The van der Waals surface area contributed by atoms with Crippen LogP contribution in [0, 0.1) is 0 Å². The number of hydrogen-bond donors (Lipinski definition) is 2. The van der Waals surface area contributed by atoms with Crippen LogP contribution >= 0.6 is 0 Å². The van der Waals surface area contributed by atoms with Crippen molar-refractivity contribution in [3.05, 3.63) is 29.8 Å². The highest BCUT2D eigenvalue weighted by Gasteiger charge is 2.17. The second-order valence-corrected chi connectivity index (χ2v) is 7.48. The Hall–Kier alpha value is -0.950. The summed E-state index contributed by atoms with van der Waals surface area (Å²) in [5.74, 6) is 0. The zero-order valence-electron chi connectivity index (χ0n) is 12.7. The average Bonchev–Trinajstić information content (AvgIpc) is 2.90. The molecule has 2 atom stereocenters. The van der Waals surface area contributed by atoms with E-state index in [0.29, 0.717) is 6.04 Å². The molecule has 0 amide bonds. The predicted octanol–water partition coefficient (Wildman–Crippen LogP) is 1.47. The summed E-state index contributed by atoms with van der Waals surface area (Å²) >= 11 is 0. The number of hydrogen-bond acceptors (Lipinski definition) is 4. The molecule has 1 fully saturated rings. The molecule has 6 heteroatoms. The van der Waals surface area contributed by atoms with Crippen LogP contribution in [0.3, 0.4) is 0 Å². The predicted molar refractivity (Wildman–Crippen MR) is 84.5 cm³/mol. The van der Waals surface area contributed by atoms with Gasteiger partial charge in [0.1, 0.15) is 0 Å². The summed E-state index contributed by atoms with van der Waals surface area (Å²) in [5, 5.41) is 8.71. The van der Waals surface area contributed by atoms with Gasteiger partial charge < -0.3 is 10.2 Å². The molecule has 21 heavy (non-hydrogen) atoms. The minimum atomic E-state index is -3.64. The Kier molecular flexibility index (Phi) is 5.37. The molecule has 1 aromatic rings. The van der Waals surface area contributed by atoms with Crippen molar-refractivity contribution in [1.29, 1.82) is 0 Å².